The molecule has 1 aliphatic rings. The zero-order valence-corrected chi connectivity index (χ0v) is 12.7. The predicted octanol–water partition coefficient (Wildman–Crippen LogP) is 2.99. The van der Waals surface area contributed by atoms with Crippen LogP contribution in [-0.4, -0.2) is 44.3 Å². The molecule has 1 heterocycles. The smallest absolute Gasteiger partial charge is 0.163 e. The summed E-state index contributed by atoms with van der Waals surface area (Å²) in [7, 11) is 0. The third-order valence-corrected chi connectivity index (χ3v) is 3.50. The van der Waals surface area contributed by atoms with Crippen molar-refractivity contribution in [1.82, 2.24) is 4.90 Å². The highest BCUT2D eigenvalue weighted by Gasteiger charge is 2.10. The lowest BCUT2D eigenvalue weighted by molar-refractivity contribution is 0.288. The summed E-state index contributed by atoms with van der Waals surface area (Å²) in [5.41, 5.74) is 1.09. The van der Waals surface area contributed by atoms with Crippen molar-refractivity contribution in [3.63, 3.8) is 0 Å². The van der Waals surface area contributed by atoms with Gasteiger partial charge in [0.25, 0.3) is 0 Å². The van der Waals surface area contributed by atoms with Crippen molar-refractivity contribution in [3.05, 3.63) is 18.2 Å². The van der Waals surface area contributed by atoms with Crippen molar-refractivity contribution in [2.45, 2.75) is 26.7 Å². The zero-order valence-electron chi connectivity index (χ0n) is 12.7. The van der Waals surface area contributed by atoms with Gasteiger partial charge >= 0.3 is 0 Å². The zero-order chi connectivity index (χ0) is 14.2. The number of hydrogen-bond donors (Lipinski definition) is 1. The normalized spacial score (nSPS) is 15.3. The number of nitrogens with zero attached hydrogens (tertiary/aromatic N) is 1. The Morgan fingerprint density at radius 1 is 1.05 bits per heavy atom. The molecule has 4 nitrogen and oxygen atoms in total. The second-order valence-corrected chi connectivity index (χ2v) is 5.00. The fraction of sp³-hybridized carbons (Fsp3) is 0.625. The summed E-state index contributed by atoms with van der Waals surface area (Å²) in [6.45, 7) is 9.85. The van der Waals surface area contributed by atoms with Gasteiger partial charge in [0.15, 0.2) is 11.5 Å². The fourth-order valence-corrected chi connectivity index (χ4v) is 2.53. The second kappa shape index (κ2) is 8.00. The van der Waals surface area contributed by atoms with E-state index in [1.807, 2.05) is 26.0 Å². The number of likely N-dealkylation sites (tertiary alicyclic amines) is 1. The molecule has 0 aromatic heterocycles. The van der Waals surface area contributed by atoms with Crippen molar-refractivity contribution in [1.29, 1.82) is 0 Å². The average Bonchev–Trinajstić information content (AvgIpc) is 2.95. The molecule has 1 aromatic carbocycles. The molecule has 0 aliphatic carbocycles. The van der Waals surface area contributed by atoms with E-state index < -0.39 is 0 Å². The molecule has 0 atom stereocenters. The van der Waals surface area contributed by atoms with E-state index in [2.05, 4.69) is 16.3 Å². The van der Waals surface area contributed by atoms with Gasteiger partial charge in [-0.25, -0.2) is 0 Å². The molecule has 0 radical (unpaired) electrons. The highest BCUT2D eigenvalue weighted by molar-refractivity contribution is 5.54. The lowest BCUT2D eigenvalue weighted by atomic mass is 10.2. The van der Waals surface area contributed by atoms with E-state index in [1.165, 1.54) is 25.9 Å². The van der Waals surface area contributed by atoms with E-state index in [4.69, 9.17) is 9.47 Å². The minimum atomic E-state index is 0.650. The standard InChI is InChI=1S/C16H26N2O2/c1-3-19-15-8-7-14(13-16(15)20-4-2)17-9-12-18-10-5-6-11-18/h7-8,13,17H,3-6,9-12H2,1-2H3. The SMILES string of the molecule is CCOc1ccc(NCCN2CCCC2)cc1OCC. The summed E-state index contributed by atoms with van der Waals surface area (Å²) in [6.07, 6.45) is 2.69. The molecule has 0 spiro atoms. The molecule has 2 rings (SSSR count). The first-order chi connectivity index (χ1) is 9.83. The predicted molar refractivity (Wildman–Crippen MR) is 82.9 cm³/mol. The molecule has 0 unspecified atom stereocenters. The van der Waals surface area contributed by atoms with Crippen LogP contribution in [0.4, 0.5) is 5.69 Å². The van der Waals surface area contributed by atoms with Crippen LogP contribution < -0.4 is 14.8 Å². The van der Waals surface area contributed by atoms with Gasteiger partial charge in [-0.1, -0.05) is 0 Å². The molecule has 1 aromatic rings. The van der Waals surface area contributed by atoms with Gasteiger partial charge in [-0.2, -0.15) is 0 Å². The maximum atomic E-state index is 5.63. The van der Waals surface area contributed by atoms with Crippen molar-refractivity contribution >= 4 is 5.69 Å². The minimum Gasteiger partial charge on any atom is -0.490 e. The van der Waals surface area contributed by atoms with Gasteiger partial charge < -0.3 is 19.7 Å². The van der Waals surface area contributed by atoms with Crippen LogP contribution in [0.1, 0.15) is 26.7 Å². The fourth-order valence-electron chi connectivity index (χ4n) is 2.53. The van der Waals surface area contributed by atoms with Gasteiger partial charge in [0.1, 0.15) is 0 Å². The number of ether oxygens (including phenoxy) is 2. The minimum absolute atomic E-state index is 0.650. The van der Waals surface area contributed by atoms with Gasteiger partial charge in [-0.15, -0.1) is 0 Å². The highest BCUT2D eigenvalue weighted by Crippen LogP contribution is 2.30. The summed E-state index contributed by atoms with van der Waals surface area (Å²) in [5, 5.41) is 3.46. The molecule has 0 bridgehead atoms. The van der Waals surface area contributed by atoms with E-state index in [0.29, 0.717) is 13.2 Å². The van der Waals surface area contributed by atoms with Gasteiger partial charge in [0.05, 0.1) is 13.2 Å². The Hall–Kier alpha value is -1.42. The maximum absolute atomic E-state index is 5.63. The van der Waals surface area contributed by atoms with E-state index in [9.17, 15) is 0 Å². The van der Waals surface area contributed by atoms with Crippen LogP contribution in [0.5, 0.6) is 11.5 Å². The second-order valence-electron chi connectivity index (χ2n) is 5.00. The van der Waals surface area contributed by atoms with Gasteiger partial charge in [-0.05, 0) is 51.9 Å². The Labute approximate surface area is 122 Å². The summed E-state index contributed by atoms with van der Waals surface area (Å²) in [4.78, 5) is 2.50. The Morgan fingerprint density at radius 3 is 2.45 bits per heavy atom. The molecule has 1 aliphatic heterocycles. The molecule has 20 heavy (non-hydrogen) atoms. The molecule has 1 N–H and O–H groups in total. The van der Waals surface area contributed by atoms with Crippen LogP contribution in [0.25, 0.3) is 0 Å². The number of anilines is 1. The first kappa shape index (κ1) is 15.0. The Bertz CT molecular complexity index is 403. The van der Waals surface area contributed by atoms with Crippen LogP contribution in [0, 0.1) is 0 Å². The number of hydrogen-bond acceptors (Lipinski definition) is 4. The van der Waals surface area contributed by atoms with Crippen molar-refractivity contribution in [3.8, 4) is 11.5 Å². The third kappa shape index (κ3) is 4.30. The van der Waals surface area contributed by atoms with Crippen molar-refractivity contribution in [2.24, 2.45) is 0 Å². The van der Waals surface area contributed by atoms with Crippen LogP contribution in [0.3, 0.4) is 0 Å². The van der Waals surface area contributed by atoms with Gasteiger partial charge in [-0.3, -0.25) is 0 Å². The van der Waals surface area contributed by atoms with E-state index in [0.717, 1.165) is 30.3 Å². The first-order valence-electron chi connectivity index (χ1n) is 7.69. The number of benzene rings is 1. The first-order valence-corrected chi connectivity index (χ1v) is 7.69. The Kier molecular flexibility index (Phi) is 5.99. The van der Waals surface area contributed by atoms with Crippen LogP contribution >= 0.6 is 0 Å². The molecule has 1 saturated heterocycles. The largest absolute Gasteiger partial charge is 0.490 e. The van der Waals surface area contributed by atoms with Crippen molar-refractivity contribution in [2.75, 3.05) is 44.7 Å². The average molecular weight is 278 g/mol. The van der Waals surface area contributed by atoms with Crippen LogP contribution in [0.15, 0.2) is 18.2 Å². The maximum Gasteiger partial charge on any atom is 0.163 e. The lowest BCUT2D eigenvalue weighted by Gasteiger charge is -2.16. The van der Waals surface area contributed by atoms with E-state index in [1.54, 1.807) is 0 Å². The molecular weight excluding hydrogens is 252 g/mol. The van der Waals surface area contributed by atoms with Crippen LogP contribution in [-0.2, 0) is 0 Å². The Morgan fingerprint density at radius 2 is 1.75 bits per heavy atom. The quantitative estimate of drug-likeness (QED) is 0.792. The third-order valence-electron chi connectivity index (χ3n) is 3.50. The summed E-state index contributed by atoms with van der Waals surface area (Å²) in [6, 6.07) is 6.06. The number of rotatable bonds is 8. The Balaban J connectivity index is 1.88. The summed E-state index contributed by atoms with van der Waals surface area (Å²) >= 11 is 0. The van der Waals surface area contributed by atoms with Crippen molar-refractivity contribution < 1.29 is 9.47 Å². The summed E-state index contributed by atoms with van der Waals surface area (Å²) < 4.78 is 11.2. The monoisotopic (exact) mass is 278 g/mol. The van der Waals surface area contributed by atoms with E-state index >= 15 is 0 Å². The lowest BCUT2D eigenvalue weighted by Crippen LogP contribution is -2.25. The number of nitrogens with one attached hydrogen (secondary N) is 1. The molecule has 112 valence electrons. The molecule has 0 amide bonds. The van der Waals surface area contributed by atoms with Gasteiger partial charge in [0, 0.05) is 24.8 Å². The molecule has 4 heteroatoms. The van der Waals surface area contributed by atoms with Crippen LogP contribution in [0.2, 0.25) is 0 Å². The van der Waals surface area contributed by atoms with Gasteiger partial charge in [0.2, 0.25) is 0 Å². The highest BCUT2D eigenvalue weighted by atomic mass is 16.5. The molecule has 1 fully saturated rings. The molecular formula is C16H26N2O2. The molecule has 0 saturated carbocycles. The summed E-state index contributed by atoms with van der Waals surface area (Å²) in [5.74, 6) is 1.64. The van der Waals surface area contributed by atoms with E-state index in [-0.39, 0.29) is 0 Å². The topological polar surface area (TPSA) is 33.7 Å².